The maximum atomic E-state index is 5.84. The Morgan fingerprint density at radius 3 is 2.85 bits per heavy atom. The van der Waals surface area contributed by atoms with Gasteiger partial charge in [0.15, 0.2) is 0 Å². The molecule has 1 fully saturated rings. The fourth-order valence-electron chi connectivity index (χ4n) is 1.53. The smallest absolute Gasteiger partial charge is 0.139 e. The molecule has 0 amide bonds. The van der Waals surface area contributed by atoms with Crippen LogP contribution in [0.1, 0.15) is 31.4 Å². The van der Waals surface area contributed by atoms with Crippen molar-refractivity contribution in [2.75, 3.05) is 0 Å². The molecule has 1 aromatic heterocycles. The van der Waals surface area contributed by atoms with Crippen molar-refractivity contribution in [3.8, 4) is 0 Å². The van der Waals surface area contributed by atoms with Crippen LogP contribution in [0.3, 0.4) is 0 Å². The molecule has 0 aromatic carbocycles. The summed E-state index contributed by atoms with van der Waals surface area (Å²) in [5.41, 5.74) is 0.776. The van der Waals surface area contributed by atoms with Crippen molar-refractivity contribution in [3.63, 3.8) is 0 Å². The van der Waals surface area contributed by atoms with Gasteiger partial charge in [-0.1, -0.05) is 28.9 Å². The van der Waals surface area contributed by atoms with Crippen molar-refractivity contribution in [3.05, 3.63) is 10.0 Å². The van der Waals surface area contributed by atoms with Crippen LogP contribution in [0.5, 0.6) is 0 Å². The molecule has 5 heteroatoms. The van der Waals surface area contributed by atoms with Gasteiger partial charge < -0.3 is 4.74 Å². The summed E-state index contributed by atoms with van der Waals surface area (Å²) < 4.78 is 10.0. The lowest BCUT2D eigenvalue weighted by Crippen LogP contribution is -2.07. The molecule has 0 unspecified atom stereocenters. The van der Waals surface area contributed by atoms with Crippen molar-refractivity contribution >= 4 is 23.1 Å². The van der Waals surface area contributed by atoms with Crippen LogP contribution in [-0.4, -0.2) is 15.7 Å². The maximum Gasteiger partial charge on any atom is 0.139 e. The first-order chi connectivity index (χ1) is 6.36. The van der Waals surface area contributed by atoms with Crippen LogP contribution in [0.15, 0.2) is 0 Å². The zero-order valence-corrected chi connectivity index (χ0v) is 8.77. The number of halogens is 1. The van der Waals surface area contributed by atoms with E-state index in [2.05, 4.69) is 9.59 Å². The molecule has 13 heavy (non-hydrogen) atoms. The Labute approximate surface area is 86.2 Å². The Hall–Kier alpha value is -0.190. The van der Waals surface area contributed by atoms with E-state index in [9.17, 15) is 0 Å². The minimum atomic E-state index is 0.415. The van der Waals surface area contributed by atoms with E-state index in [0.29, 0.717) is 17.0 Å². The SMILES string of the molecule is Clc1snnc1COC1CCCC1. The van der Waals surface area contributed by atoms with Crippen LogP contribution in [0.25, 0.3) is 0 Å². The minimum Gasteiger partial charge on any atom is -0.372 e. The zero-order valence-electron chi connectivity index (χ0n) is 7.20. The van der Waals surface area contributed by atoms with E-state index in [1.807, 2.05) is 0 Å². The highest BCUT2D eigenvalue weighted by atomic mass is 35.5. The quantitative estimate of drug-likeness (QED) is 0.783. The van der Waals surface area contributed by atoms with E-state index in [4.69, 9.17) is 16.3 Å². The highest BCUT2D eigenvalue weighted by Crippen LogP contribution is 2.24. The third-order valence-corrected chi connectivity index (χ3v) is 3.25. The molecule has 0 aliphatic heterocycles. The lowest BCUT2D eigenvalue weighted by Gasteiger charge is -2.08. The molecule has 0 N–H and O–H groups in total. The summed E-state index contributed by atoms with van der Waals surface area (Å²) in [6.45, 7) is 0.514. The van der Waals surface area contributed by atoms with Gasteiger partial charge >= 0.3 is 0 Å². The molecule has 1 aromatic rings. The molecule has 0 radical (unpaired) electrons. The number of ether oxygens (including phenoxy) is 1. The monoisotopic (exact) mass is 218 g/mol. The lowest BCUT2D eigenvalue weighted by molar-refractivity contribution is 0.0438. The van der Waals surface area contributed by atoms with E-state index in [0.717, 1.165) is 5.69 Å². The normalized spacial score (nSPS) is 18.2. The van der Waals surface area contributed by atoms with Gasteiger partial charge in [-0.3, -0.25) is 0 Å². The van der Waals surface area contributed by atoms with Gasteiger partial charge in [-0.2, -0.15) is 0 Å². The average molecular weight is 219 g/mol. The molecule has 0 saturated heterocycles. The Morgan fingerprint density at radius 2 is 2.23 bits per heavy atom. The van der Waals surface area contributed by atoms with Gasteiger partial charge in [0, 0.05) is 11.5 Å². The summed E-state index contributed by atoms with van der Waals surface area (Å²) in [6.07, 6.45) is 5.34. The summed E-state index contributed by atoms with van der Waals surface area (Å²) in [5.74, 6) is 0. The standard InChI is InChI=1S/C8H11ClN2OS/c9-8-7(10-11-13-8)5-12-6-3-1-2-4-6/h6H,1-5H2. The number of hydrogen-bond donors (Lipinski definition) is 0. The molecule has 0 atom stereocenters. The predicted octanol–water partition coefficient (Wildman–Crippen LogP) is 2.65. The first kappa shape index (κ1) is 9.37. The van der Waals surface area contributed by atoms with Crippen molar-refractivity contribution < 1.29 is 4.74 Å². The van der Waals surface area contributed by atoms with Crippen LogP contribution in [0.2, 0.25) is 4.34 Å². The van der Waals surface area contributed by atoms with Crippen molar-refractivity contribution in [1.29, 1.82) is 0 Å². The Kier molecular flexibility index (Phi) is 3.14. The topological polar surface area (TPSA) is 35.0 Å². The van der Waals surface area contributed by atoms with Gasteiger partial charge in [0.2, 0.25) is 0 Å². The predicted molar refractivity (Wildman–Crippen MR) is 52.0 cm³/mol. The molecule has 1 aliphatic carbocycles. The first-order valence-electron chi connectivity index (χ1n) is 4.44. The third-order valence-electron chi connectivity index (χ3n) is 2.27. The summed E-state index contributed by atoms with van der Waals surface area (Å²) in [5, 5.41) is 3.89. The maximum absolute atomic E-state index is 5.84. The largest absolute Gasteiger partial charge is 0.372 e. The molecule has 72 valence electrons. The Morgan fingerprint density at radius 1 is 1.46 bits per heavy atom. The van der Waals surface area contributed by atoms with Gasteiger partial charge in [-0.05, 0) is 12.8 Å². The number of hydrogen-bond acceptors (Lipinski definition) is 4. The van der Waals surface area contributed by atoms with E-state index in [-0.39, 0.29) is 0 Å². The third kappa shape index (κ3) is 2.39. The van der Waals surface area contributed by atoms with Crippen molar-refractivity contribution in [1.82, 2.24) is 9.59 Å². The van der Waals surface area contributed by atoms with Crippen molar-refractivity contribution in [2.24, 2.45) is 0 Å². The van der Waals surface area contributed by atoms with E-state index in [1.165, 1.54) is 37.2 Å². The van der Waals surface area contributed by atoms with Gasteiger partial charge in [-0.25, -0.2) is 0 Å². The highest BCUT2D eigenvalue weighted by Gasteiger charge is 2.16. The minimum absolute atomic E-state index is 0.415. The molecular formula is C8H11ClN2OS. The zero-order chi connectivity index (χ0) is 9.10. The highest BCUT2D eigenvalue weighted by molar-refractivity contribution is 7.10. The Balaban J connectivity index is 1.82. The molecule has 1 aliphatic rings. The van der Waals surface area contributed by atoms with Crippen LogP contribution in [0.4, 0.5) is 0 Å². The van der Waals surface area contributed by atoms with Gasteiger partial charge in [0.25, 0.3) is 0 Å². The molecular weight excluding hydrogens is 208 g/mol. The molecule has 0 spiro atoms. The summed E-state index contributed by atoms with van der Waals surface area (Å²) in [6, 6.07) is 0. The van der Waals surface area contributed by atoms with E-state index in [1.54, 1.807) is 0 Å². The summed E-state index contributed by atoms with van der Waals surface area (Å²) in [4.78, 5) is 0. The number of aromatic nitrogens is 2. The number of nitrogens with zero attached hydrogens (tertiary/aromatic N) is 2. The molecule has 2 rings (SSSR count). The van der Waals surface area contributed by atoms with E-state index < -0.39 is 0 Å². The van der Waals surface area contributed by atoms with Crippen LogP contribution < -0.4 is 0 Å². The fraction of sp³-hybridized carbons (Fsp3) is 0.750. The lowest BCUT2D eigenvalue weighted by atomic mass is 10.3. The molecule has 1 saturated carbocycles. The summed E-state index contributed by atoms with van der Waals surface area (Å²) >= 11 is 7.05. The van der Waals surface area contributed by atoms with Crippen molar-refractivity contribution in [2.45, 2.75) is 38.4 Å². The molecule has 3 nitrogen and oxygen atoms in total. The second-order valence-corrected chi connectivity index (χ2v) is 4.57. The molecule has 1 heterocycles. The molecule has 0 bridgehead atoms. The average Bonchev–Trinajstić information content (AvgIpc) is 2.72. The second kappa shape index (κ2) is 4.35. The van der Waals surface area contributed by atoms with Crippen LogP contribution in [-0.2, 0) is 11.3 Å². The van der Waals surface area contributed by atoms with E-state index >= 15 is 0 Å². The first-order valence-corrected chi connectivity index (χ1v) is 5.60. The van der Waals surface area contributed by atoms with Gasteiger partial charge in [0.05, 0.1) is 12.7 Å². The van der Waals surface area contributed by atoms with Gasteiger partial charge in [0.1, 0.15) is 10.0 Å². The second-order valence-electron chi connectivity index (χ2n) is 3.21. The number of rotatable bonds is 3. The van der Waals surface area contributed by atoms with Gasteiger partial charge in [-0.15, -0.1) is 5.10 Å². The summed E-state index contributed by atoms with van der Waals surface area (Å²) in [7, 11) is 0. The van der Waals surface area contributed by atoms with Crippen LogP contribution in [0, 0.1) is 0 Å². The Bertz CT molecular complexity index is 273. The fourth-order valence-corrected chi connectivity index (χ4v) is 2.14. The van der Waals surface area contributed by atoms with Crippen LogP contribution >= 0.6 is 23.1 Å².